The molecule has 0 unspecified atom stereocenters. The third kappa shape index (κ3) is 4.14. The summed E-state index contributed by atoms with van der Waals surface area (Å²) in [4.78, 5) is 13.8. The van der Waals surface area contributed by atoms with Crippen molar-refractivity contribution in [3.05, 3.63) is 59.4 Å². The molecule has 3 aromatic rings. The summed E-state index contributed by atoms with van der Waals surface area (Å²) in [7, 11) is 0. The highest BCUT2D eigenvalue weighted by Crippen LogP contribution is 2.29. The van der Waals surface area contributed by atoms with Crippen molar-refractivity contribution in [1.29, 1.82) is 0 Å². The van der Waals surface area contributed by atoms with Gasteiger partial charge in [-0.1, -0.05) is 30.5 Å². The van der Waals surface area contributed by atoms with Crippen LogP contribution in [0, 0.1) is 20.8 Å². The van der Waals surface area contributed by atoms with E-state index in [1.165, 1.54) is 42.4 Å². The number of hydrogen-bond acceptors (Lipinski definition) is 5. The number of nitrogens with zero attached hydrogens (tertiary/aromatic N) is 3. The molecular formula is C23H27N5. The van der Waals surface area contributed by atoms with Crippen LogP contribution in [0.1, 0.15) is 42.4 Å². The van der Waals surface area contributed by atoms with Crippen molar-refractivity contribution in [3.8, 4) is 11.3 Å². The van der Waals surface area contributed by atoms with Crippen LogP contribution in [0.5, 0.6) is 0 Å². The third-order valence-electron chi connectivity index (χ3n) is 5.30. The Morgan fingerprint density at radius 3 is 2.39 bits per heavy atom. The van der Waals surface area contributed by atoms with Gasteiger partial charge in [-0.3, -0.25) is 4.98 Å². The molecule has 144 valence electrons. The summed E-state index contributed by atoms with van der Waals surface area (Å²) in [5, 5.41) is 7.06. The van der Waals surface area contributed by atoms with Crippen LogP contribution in [0.2, 0.25) is 0 Å². The van der Waals surface area contributed by atoms with Crippen LogP contribution < -0.4 is 10.6 Å². The zero-order valence-corrected chi connectivity index (χ0v) is 16.8. The van der Waals surface area contributed by atoms with Gasteiger partial charge in [-0.2, -0.15) is 4.98 Å². The van der Waals surface area contributed by atoms with Crippen LogP contribution in [0.15, 0.2) is 42.7 Å². The van der Waals surface area contributed by atoms with E-state index >= 15 is 0 Å². The first-order valence-electron chi connectivity index (χ1n) is 9.99. The normalized spacial score (nSPS) is 14.2. The van der Waals surface area contributed by atoms with Crippen molar-refractivity contribution in [3.63, 3.8) is 0 Å². The van der Waals surface area contributed by atoms with Gasteiger partial charge in [0.15, 0.2) is 0 Å². The van der Waals surface area contributed by atoms with Gasteiger partial charge in [-0.15, -0.1) is 0 Å². The van der Waals surface area contributed by atoms with E-state index in [4.69, 9.17) is 9.97 Å². The maximum atomic E-state index is 4.77. The average Bonchev–Trinajstić information content (AvgIpc) is 3.18. The minimum Gasteiger partial charge on any atom is -0.351 e. The molecule has 0 bridgehead atoms. The molecule has 0 amide bonds. The first-order chi connectivity index (χ1) is 13.6. The number of aryl methyl sites for hydroxylation is 3. The lowest BCUT2D eigenvalue weighted by molar-refractivity contribution is 0.744. The topological polar surface area (TPSA) is 62.7 Å². The Morgan fingerprint density at radius 2 is 1.71 bits per heavy atom. The van der Waals surface area contributed by atoms with E-state index in [1.54, 1.807) is 6.20 Å². The highest BCUT2D eigenvalue weighted by atomic mass is 15.2. The smallest absolute Gasteiger partial charge is 0.225 e. The van der Waals surface area contributed by atoms with E-state index < -0.39 is 0 Å². The summed E-state index contributed by atoms with van der Waals surface area (Å²) in [6.45, 7) is 6.38. The molecule has 4 rings (SSSR count). The number of rotatable bonds is 5. The van der Waals surface area contributed by atoms with E-state index in [0.29, 0.717) is 12.0 Å². The van der Waals surface area contributed by atoms with Crippen molar-refractivity contribution in [2.45, 2.75) is 52.5 Å². The first kappa shape index (κ1) is 18.4. The maximum absolute atomic E-state index is 4.77. The summed E-state index contributed by atoms with van der Waals surface area (Å²) in [5.41, 5.74) is 6.65. The van der Waals surface area contributed by atoms with E-state index in [1.807, 2.05) is 24.4 Å². The molecule has 2 aromatic heterocycles. The van der Waals surface area contributed by atoms with E-state index in [2.05, 4.69) is 48.5 Å². The van der Waals surface area contributed by atoms with Gasteiger partial charge in [0, 0.05) is 35.8 Å². The van der Waals surface area contributed by atoms with Crippen LogP contribution in [-0.4, -0.2) is 21.0 Å². The molecule has 2 N–H and O–H groups in total. The fraction of sp³-hybridized carbons (Fsp3) is 0.348. The Morgan fingerprint density at radius 1 is 0.964 bits per heavy atom. The minimum absolute atomic E-state index is 0.458. The Balaban J connectivity index is 1.71. The minimum atomic E-state index is 0.458. The van der Waals surface area contributed by atoms with Crippen molar-refractivity contribution < 1.29 is 0 Å². The number of aromatic nitrogens is 3. The maximum Gasteiger partial charge on any atom is 0.225 e. The quantitative estimate of drug-likeness (QED) is 0.613. The zero-order chi connectivity index (χ0) is 19.5. The van der Waals surface area contributed by atoms with Crippen LogP contribution >= 0.6 is 0 Å². The highest BCUT2D eigenvalue weighted by molar-refractivity contribution is 5.70. The van der Waals surface area contributed by atoms with Crippen molar-refractivity contribution in [1.82, 2.24) is 15.0 Å². The number of benzene rings is 1. The van der Waals surface area contributed by atoms with Gasteiger partial charge in [0.1, 0.15) is 5.82 Å². The monoisotopic (exact) mass is 373 g/mol. The fourth-order valence-electron chi connectivity index (χ4n) is 4.00. The van der Waals surface area contributed by atoms with Crippen LogP contribution in [0.4, 0.5) is 17.5 Å². The largest absolute Gasteiger partial charge is 0.351 e. The van der Waals surface area contributed by atoms with Gasteiger partial charge in [0.2, 0.25) is 5.95 Å². The second-order valence-electron chi connectivity index (χ2n) is 7.73. The number of nitrogens with one attached hydrogen (secondary N) is 2. The lowest BCUT2D eigenvalue weighted by atomic mass is 10.1. The lowest BCUT2D eigenvalue weighted by Gasteiger charge is -2.17. The molecule has 0 atom stereocenters. The summed E-state index contributed by atoms with van der Waals surface area (Å²) < 4.78 is 0. The molecule has 1 aliphatic carbocycles. The molecule has 5 heteroatoms. The third-order valence-corrected chi connectivity index (χ3v) is 5.30. The lowest BCUT2D eigenvalue weighted by Crippen LogP contribution is -2.17. The van der Waals surface area contributed by atoms with Gasteiger partial charge in [-0.25, -0.2) is 4.98 Å². The van der Waals surface area contributed by atoms with Crippen molar-refractivity contribution in [2.24, 2.45) is 0 Å². The van der Waals surface area contributed by atoms with E-state index in [-0.39, 0.29) is 0 Å². The molecule has 1 aromatic carbocycles. The van der Waals surface area contributed by atoms with Crippen LogP contribution in [-0.2, 0) is 0 Å². The average molecular weight is 374 g/mol. The fourth-order valence-corrected chi connectivity index (χ4v) is 4.00. The molecule has 0 aliphatic heterocycles. The zero-order valence-electron chi connectivity index (χ0n) is 16.8. The number of pyridine rings is 1. The van der Waals surface area contributed by atoms with Gasteiger partial charge in [-0.05, 0) is 56.9 Å². The van der Waals surface area contributed by atoms with Gasteiger partial charge in [0.05, 0.1) is 5.69 Å². The van der Waals surface area contributed by atoms with Gasteiger partial charge >= 0.3 is 0 Å². The summed E-state index contributed by atoms with van der Waals surface area (Å²) in [6.07, 6.45) is 8.52. The Bertz CT molecular complexity index is 939. The van der Waals surface area contributed by atoms with E-state index in [0.717, 1.165) is 22.8 Å². The molecule has 0 radical (unpaired) electrons. The Labute approximate surface area is 166 Å². The second kappa shape index (κ2) is 7.97. The molecule has 1 saturated carbocycles. The SMILES string of the molecule is Cc1cc(C)c(Nc2cc(-c3cccnc3)nc(NC3CCCC3)n2)c(C)c1. The predicted octanol–water partition coefficient (Wildman–Crippen LogP) is 5.56. The molecule has 0 saturated heterocycles. The van der Waals surface area contributed by atoms with Crippen LogP contribution in [0.25, 0.3) is 11.3 Å². The highest BCUT2D eigenvalue weighted by Gasteiger charge is 2.17. The van der Waals surface area contributed by atoms with Gasteiger partial charge < -0.3 is 10.6 Å². The standard InChI is InChI=1S/C23H27N5/c1-15-11-16(2)22(17(3)12-15)27-21-13-20(18-7-6-10-24-14-18)26-23(28-21)25-19-8-4-5-9-19/h6-7,10-14,19H,4-5,8-9H2,1-3H3,(H2,25,26,27,28). The molecular weight excluding hydrogens is 346 g/mol. The predicted molar refractivity (Wildman–Crippen MR) is 115 cm³/mol. The summed E-state index contributed by atoms with van der Waals surface area (Å²) >= 11 is 0. The summed E-state index contributed by atoms with van der Waals surface area (Å²) in [5.74, 6) is 1.47. The number of hydrogen-bond donors (Lipinski definition) is 2. The van der Waals surface area contributed by atoms with Gasteiger partial charge in [0.25, 0.3) is 0 Å². The van der Waals surface area contributed by atoms with Crippen molar-refractivity contribution >= 4 is 17.5 Å². The van der Waals surface area contributed by atoms with E-state index in [9.17, 15) is 0 Å². The second-order valence-corrected chi connectivity index (χ2v) is 7.73. The Hall–Kier alpha value is -2.95. The molecule has 5 nitrogen and oxygen atoms in total. The van der Waals surface area contributed by atoms with Crippen LogP contribution in [0.3, 0.4) is 0 Å². The Kier molecular flexibility index (Phi) is 5.24. The summed E-state index contributed by atoms with van der Waals surface area (Å²) in [6, 6.07) is 10.8. The molecule has 1 aliphatic rings. The molecule has 28 heavy (non-hydrogen) atoms. The number of anilines is 3. The molecule has 1 fully saturated rings. The molecule has 0 spiro atoms. The van der Waals surface area contributed by atoms with Crippen molar-refractivity contribution in [2.75, 3.05) is 10.6 Å². The molecule has 2 heterocycles. The first-order valence-corrected chi connectivity index (χ1v) is 9.99.